The van der Waals surface area contributed by atoms with Crippen LogP contribution >= 0.6 is 0 Å². The molecule has 1 aliphatic rings. The summed E-state index contributed by atoms with van der Waals surface area (Å²) in [5.74, 6) is 0.792. The van der Waals surface area contributed by atoms with Crippen LogP contribution in [0.4, 0.5) is 5.82 Å². The number of hydrogen-bond acceptors (Lipinski definition) is 5. The second kappa shape index (κ2) is 6.35. The van der Waals surface area contributed by atoms with E-state index in [-0.39, 0.29) is 11.9 Å². The third-order valence-electron chi connectivity index (χ3n) is 4.34. The van der Waals surface area contributed by atoms with E-state index in [4.69, 9.17) is 0 Å². The van der Waals surface area contributed by atoms with Crippen molar-refractivity contribution in [3.8, 4) is 5.69 Å². The van der Waals surface area contributed by atoms with Gasteiger partial charge < -0.3 is 10.2 Å². The number of nitrogens with zero attached hydrogens (tertiary/aromatic N) is 5. The van der Waals surface area contributed by atoms with Crippen molar-refractivity contribution < 1.29 is 4.79 Å². The van der Waals surface area contributed by atoms with Crippen LogP contribution in [0.2, 0.25) is 0 Å². The van der Waals surface area contributed by atoms with E-state index in [9.17, 15) is 4.79 Å². The van der Waals surface area contributed by atoms with Gasteiger partial charge in [0.05, 0.1) is 29.2 Å². The Bertz CT molecular complexity index is 871. The summed E-state index contributed by atoms with van der Waals surface area (Å²) in [4.78, 5) is 22.6. The predicted molar refractivity (Wildman–Crippen MR) is 93.6 cm³/mol. The first kappa shape index (κ1) is 15.3. The molecule has 0 saturated carbocycles. The molecule has 25 heavy (non-hydrogen) atoms. The zero-order chi connectivity index (χ0) is 17.2. The van der Waals surface area contributed by atoms with Crippen LogP contribution in [0, 0.1) is 6.92 Å². The first-order chi connectivity index (χ1) is 12.2. The number of hydrogen-bond donors (Lipinski definition) is 1. The monoisotopic (exact) mass is 334 g/mol. The van der Waals surface area contributed by atoms with Gasteiger partial charge in [-0.1, -0.05) is 18.2 Å². The number of rotatable bonds is 4. The second-order valence-electron chi connectivity index (χ2n) is 6.04. The van der Waals surface area contributed by atoms with Crippen LogP contribution in [0.15, 0.2) is 55.1 Å². The Hall–Kier alpha value is -3.22. The first-order valence-electron chi connectivity index (χ1n) is 8.14. The lowest BCUT2D eigenvalue weighted by Crippen LogP contribution is -2.57. The number of carbonyl (C=O) groups excluding carboxylic acids is 1. The average molecular weight is 334 g/mol. The van der Waals surface area contributed by atoms with Gasteiger partial charge in [0.25, 0.3) is 5.91 Å². The molecular formula is C18H18N6O. The van der Waals surface area contributed by atoms with Gasteiger partial charge in [-0.2, -0.15) is 5.10 Å². The van der Waals surface area contributed by atoms with Crippen LogP contribution in [0.3, 0.4) is 0 Å². The van der Waals surface area contributed by atoms with Crippen molar-refractivity contribution in [3.05, 3.63) is 66.4 Å². The van der Waals surface area contributed by atoms with E-state index in [2.05, 4.69) is 20.4 Å². The summed E-state index contributed by atoms with van der Waals surface area (Å²) in [6.07, 6.45) is 4.85. The summed E-state index contributed by atoms with van der Waals surface area (Å²) >= 11 is 0. The first-order valence-corrected chi connectivity index (χ1v) is 8.14. The molecule has 0 aliphatic carbocycles. The van der Waals surface area contributed by atoms with Gasteiger partial charge in [-0.05, 0) is 25.1 Å². The lowest BCUT2D eigenvalue weighted by molar-refractivity contribution is 0.0624. The fraction of sp³-hybridized carbons (Fsp3) is 0.222. The highest BCUT2D eigenvalue weighted by Crippen LogP contribution is 2.20. The largest absolute Gasteiger partial charge is 0.364 e. The maximum Gasteiger partial charge on any atom is 0.257 e. The lowest BCUT2D eigenvalue weighted by atomic mass is 10.1. The quantitative estimate of drug-likeness (QED) is 0.789. The van der Waals surface area contributed by atoms with Gasteiger partial charge in [-0.3, -0.25) is 4.79 Å². The van der Waals surface area contributed by atoms with Crippen molar-refractivity contribution in [2.24, 2.45) is 0 Å². The topological polar surface area (TPSA) is 75.9 Å². The van der Waals surface area contributed by atoms with E-state index in [0.717, 1.165) is 17.2 Å². The maximum atomic E-state index is 12.7. The number of aromatic nitrogens is 4. The van der Waals surface area contributed by atoms with Crippen LogP contribution in [-0.4, -0.2) is 49.7 Å². The molecule has 126 valence electrons. The number of benzene rings is 1. The van der Waals surface area contributed by atoms with Gasteiger partial charge in [-0.15, -0.1) is 0 Å². The summed E-state index contributed by atoms with van der Waals surface area (Å²) in [6.45, 7) is 3.22. The number of carbonyl (C=O) groups is 1. The fourth-order valence-electron chi connectivity index (χ4n) is 2.94. The van der Waals surface area contributed by atoms with E-state index in [1.54, 1.807) is 17.1 Å². The smallest absolute Gasteiger partial charge is 0.257 e. The third-order valence-corrected chi connectivity index (χ3v) is 4.34. The Morgan fingerprint density at radius 1 is 1.20 bits per heavy atom. The molecule has 2 aromatic heterocycles. The summed E-state index contributed by atoms with van der Waals surface area (Å²) in [5.41, 5.74) is 2.44. The van der Waals surface area contributed by atoms with E-state index >= 15 is 0 Å². The normalized spacial score (nSPS) is 14.2. The van der Waals surface area contributed by atoms with Crippen molar-refractivity contribution in [1.29, 1.82) is 0 Å². The van der Waals surface area contributed by atoms with Crippen LogP contribution in [-0.2, 0) is 0 Å². The molecule has 3 heterocycles. The molecule has 1 N–H and O–H groups in total. The zero-order valence-electron chi connectivity index (χ0n) is 13.8. The molecule has 1 saturated heterocycles. The highest BCUT2D eigenvalue weighted by atomic mass is 16.2. The van der Waals surface area contributed by atoms with E-state index in [0.29, 0.717) is 18.7 Å². The van der Waals surface area contributed by atoms with Crippen molar-refractivity contribution in [2.75, 3.05) is 18.4 Å². The lowest BCUT2D eigenvalue weighted by Gasteiger charge is -2.39. The van der Waals surface area contributed by atoms with E-state index < -0.39 is 0 Å². The van der Waals surface area contributed by atoms with Crippen LogP contribution in [0.5, 0.6) is 0 Å². The minimum atomic E-state index is 0.0143. The molecule has 0 spiro atoms. The predicted octanol–water partition coefficient (Wildman–Crippen LogP) is 1.91. The highest BCUT2D eigenvalue weighted by Gasteiger charge is 2.32. The Labute approximate surface area is 145 Å². The Morgan fingerprint density at radius 3 is 2.72 bits per heavy atom. The molecule has 0 radical (unpaired) electrons. The van der Waals surface area contributed by atoms with Crippen molar-refractivity contribution in [1.82, 2.24) is 24.6 Å². The molecule has 7 nitrogen and oxygen atoms in total. The number of anilines is 1. The Balaban J connectivity index is 1.42. The number of nitrogens with one attached hydrogen (secondary N) is 1. The fourth-order valence-corrected chi connectivity index (χ4v) is 2.94. The molecule has 7 heteroatoms. The standard InChI is InChI=1S/C18H18N6O/c1-13-16(9-21-24(13)15-5-3-2-4-6-15)18(25)23-10-14(11-23)22-17-7-8-19-12-20-17/h2-9,12,14H,10-11H2,1H3,(H,19,20,22). The van der Waals surface area contributed by atoms with Crippen LogP contribution < -0.4 is 5.32 Å². The Morgan fingerprint density at radius 2 is 2.00 bits per heavy atom. The zero-order valence-corrected chi connectivity index (χ0v) is 13.8. The molecule has 0 unspecified atom stereocenters. The van der Waals surface area contributed by atoms with Crippen molar-refractivity contribution in [3.63, 3.8) is 0 Å². The summed E-state index contributed by atoms with van der Waals surface area (Å²) in [7, 11) is 0. The number of likely N-dealkylation sites (tertiary alicyclic amines) is 1. The molecule has 4 rings (SSSR count). The van der Waals surface area contributed by atoms with Gasteiger partial charge in [0.1, 0.15) is 12.1 Å². The molecule has 0 bridgehead atoms. The van der Waals surface area contributed by atoms with Gasteiger partial charge in [0.2, 0.25) is 0 Å². The number of amides is 1. The maximum absolute atomic E-state index is 12.7. The van der Waals surface area contributed by atoms with Gasteiger partial charge in [0.15, 0.2) is 0 Å². The SMILES string of the molecule is Cc1c(C(=O)N2CC(Nc3ccncn3)C2)cnn1-c1ccccc1. The van der Waals surface area contributed by atoms with E-state index in [1.807, 2.05) is 48.2 Å². The minimum absolute atomic E-state index is 0.0143. The molecule has 1 aliphatic heterocycles. The molecule has 3 aromatic rings. The highest BCUT2D eigenvalue weighted by molar-refractivity contribution is 5.95. The Kier molecular flexibility index (Phi) is 3.89. The second-order valence-corrected chi connectivity index (χ2v) is 6.04. The summed E-state index contributed by atoms with van der Waals surface area (Å²) in [5, 5.41) is 7.67. The van der Waals surface area contributed by atoms with E-state index in [1.165, 1.54) is 6.33 Å². The average Bonchev–Trinajstić information content (AvgIpc) is 3.00. The van der Waals surface area contributed by atoms with Gasteiger partial charge >= 0.3 is 0 Å². The summed E-state index contributed by atoms with van der Waals surface area (Å²) in [6, 6.07) is 11.8. The van der Waals surface area contributed by atoms with Gasteiger partial charge in [0, 0.05) is 19.3 Å². The third kappa shape index (κ3) is 2.96. The van der Waals surface area contributed by atoms with Crippen LogP contribution in [0.1, 0.15) is 16.1 Å². The molecule has 0 atom stereocenters. The molecule has 1 aromatic carbocycles. The summed E-state index contributed by atoms with van der Waals surface area (Å²) < 4.78 is 1.80. The molecule has 1 fully saturated rings. The van der Waals surface area contributed by atoms with Crippen LogP contribution in [0.25, 0.3) is 5.69 Å². The molecule has 1 amide bonds. The van der Waals surface area contributed by atoms with Crippen molar-refractivity contribution >= 4 is 11.7 Å². The molecular weight excluding hydrogens is 316 g/mol. The number of para-hydroxylation sites is 1. The van der Waals surface area contributed by atoms with Crippen molar-refractivity contribution in [2.45, 2.75) is 13.0 Å². The van der Waals surface area contributed by atoms with Gasteiger partial charge in [-0.25, -0.2) is 14.6 Å². The minimum Gasteiger partial charge on any atom is -0.364 e.